The molecule has 2 saturated heterocycles. The summed E-state index contributed by atoms with van der Waals surface area (Å²) in [6.45, 7) is 6.99. The molecular weight excluding hydrogens is 236 g/mol. The Kier molecular flexibility index (Phi) is 4.45. The molecule has 0 bridgehead atoms. The number of hydrogen-bond donors (Lipinski definition) is 1. The lowest BCUT2D eigenvalue weighted by molar-refractivity contribution is -0.106. The zero-order valence-corrected chi connectivity index (χ0v) is 12.5. The van der Waals surface area contributed by atoms with Gasteiger partial charge in [-0.1, -0.05) is 19.8 Å². The maximum absolute atomic E-state index is 6.21. The maximum Gasteiger partial charge on any atom is 0.0697 e. The predicted octanol–water partition coefficient (Wildman–Crippen LogP) is 2.55. The highest BCUT2D eigenvalue weighted by molar-refractivity contribution is 4.96. The first-order chi connectivity index (χ1) is 9.33. The summed E-state index contributed by atoms with van der Waals surface area (Å²) in [6, 6.07) is 1.55. The quantitative estimate of drug-likeness (QED) is 0.846. The van der Waals surface area contributed by atoms with Gasteiger partial charge in [-0.15, -0.1) is 0 Å². The topological polar surface area (TPSA) is 24.5 Å². The van der Waals surface area contributed by atoms with Crippen molar-refractivity contribution in [1.82, 2.24) is 10.2 Å². The molecule has 3 heteroatoms. The summed E-state index contributed by atoms with van der Waals surface area (Å²) in [5, 5.41) is 3.54. The summed E-state index contributed by atoms with van der Waals surface area (Å²) >= 11 is 0. The van der Waals surface area contributed by atoms with Gasteiger partial charge in [-0.25, -0.2) is 0 Å². The zero-order chi connectivity index (χ0) is 13.1. The fraction of sp³-hybridized carbons (Fsp3) is 1.00. The molecule has 0 aromatic rings. The molecule has 1 spiro atoms. The van der Waals surface area contributed by atoms with Crippen molar-refractivity contribution in [2.75, 3.05) is 26.2 Å². The van der Waals surface area contributed by atoms with E-state index in [1.807, 2.05) is 0 Å². The van der Waals surface area contributed by atoms with E-state index in [1.54, 1.807) is 0 Å². The summed E-state index contributed by atoms with van der Waals surface area (Å²) in [4.78, 5) is 2.82. The van der Waals surface area contributed by atoms with Crippen molar-refractivity contribution in [1.29, 1.82) is 0 Å². The van der Waals surface area contributed by atoms with Gasteiger partial charge in [0.25, 0.3) is 0 Å². The summed E-state index contributed by atoms with van der Waals surface area (Å²) in [5.41, 5.74) is 0.265. The van der Waals surface area contributed by atoms with Crippen LogP contribution in [0, 0.1) is 0 Å². The van der Waals surface area contributed by atoms with Crippen LogP contribution < -0.4 is 5.32 Å². The van der Waals surface area contributed by atoms with Crippen LogP contribution in [0.4, 0.5) is 0 Å². The van der Waals surface area contributed by atoms with Gasteiger partial charge in [-0.2, -0.15) is 0 Å². The van der Waals surface area contributed by atoms with E-state index in [-0.39, 0.29) is 5.60 Å². The first-order valence-corrected chi connectivity index (χ1v) is 8.43. The van der Waals surface area contributed by atoms with Gasteiger partial charge < -0.3 is 10.1 Å². The first kappa shape index (κ1) is 13.8. The normalized spacial score (nSPS) is 34.4. The van der Waals surface area contributed by atoms with Crippen molar-refractivity contribution in [3.8, 4) is 0 Å². The second-order valence-corrected chi connectivity index (χ2v) is 6.77. The van der Waals surface area contributed by atoms with Crippen LogP contribution >= 0.6 is 0 Å². The van der Waals surface area contributed by atoms with Crippen molar-refractivity contribution in [3.05, 3.63) is 0 Å². The Morgan fingerprint density at radius 2 is 2.05 bits per heavy atom. The molecule has 0 amide bonds. The predicted molar refractivity (Wildman–Crippen MR) is 78.4 cm³/mol. The van der Waals surface area contributed by atoms with E-state index >= 15 is 0 Å². The monoisotopic (exact) mass is 266 g/mol. The fourth-order valence-corrected chi connectivity index (χ4v) is 4.50. The Hall–Kier alpha value is -0.120. The number of hydrogen-bond acceptors (Lipinski definition) is 3. The van der Waals surface area contributed by atoms with Gasteiger partial charge in [0.1, 0.15) is 0 Å². The van der Waals surface area contributed by atoms with E-state index in [2.05, 4.69) is 17.1 Å². The maximum atomic E-state index is 6.21. The highest BCUT2D eigenvalue weighted by Crippen LogP contribution is 2.41. The van der Waals surface area contributed by atoms with Crippen LogP contribution in [0.3, 0.4) is 0 Å². The number of ether oxygens (including phenoxy) is 1. The molecule has 110 valence electrons. The van der Waals surface area contributed by atoms with Gasteiger partial charge in [-0.05, 0) is 51.6 Å². The molecule has 2 aliphatic heterocycles. The van der Waals surface area contributed by atoms with Crippen LogP contribution in [0.2, 0.25) is 0 Å². The summed E-state index contributed by atoms with van der Waals surface area (Å²) < 4.78 is 6.21. The molecule has 2 atom stereocenters. The van der Waals surface area contributed by atoms with Crippen molar-refractivity contribution >= 4 is 0 Å². The average Bonchev–Trinajstić information content (AvgIpc) is 3.08. The fourth-order valence-electron chi connectivity index (χ4n) is 4.50. The molecule has 0 aromatic heterocycles. The van der Waals surface area contributed by atoms with E-state index < -0.39 is 0 Å². The van der Waals surface area contributed by atoms with Gasteiger partial charge in [0, 0.05) is 25.2 Å². The molecule has 19 heavy (non-hydrogen) atoms. The molecule has 1 N–H and O–H groups in total. The lowest BCUT2D eigenvalue weighted by atomic mass is 9.87. The summed E-state index contributed by atoms with van der Waals surface area (Å²) in [5.74, 6) is 0. The van der Waals surface area contributed by atoms with Crippen LogP contribution in [0.5, 0.6) is 0 Å². The molecule has 1 aliphatic carbocycles. The minimum atomic E-state index is 0.265. The van der Waals surface area contributed by atoms with Crippen molar-refractivity contribution in [3.63, 3.8) is 0 Å². The molecule has 2 unspecified atom stereocenters. The molecule has 1 saturated carbocycles. The van der Waals surface area contributed by atoms with Crippen molar-refractivity contribution < 1.29 is 4.74 Å². The minimum Gasteiger partial charge on any atom is -0.375 e. The van der Waals surface area contributed by atoms with Gasteiger partial charge >= 0.3 is 0 Å². The molecule has 3 rings (SSSR count). The highest BCUT2D eigenvalue weighted by atomic mass is 16.5. The van der Waals surface area contributed by atoms with Gasteiger partial charge in [-0.3, -0.25) is 4.90 Å². The van der Waals surface area contributed by atoms with Crippen LogP contribution in [0.15, 0.2) is 0 Å². The zero-order valence-electron chi connectivity index (χ0n) is 12.5. The van der Waals surface area contributed by atoms with Gasteiger partial charge in [0.05, 0.1) is 5.60 Å². The lowest BCUT2D eigenvalue weighted by Crippen LogP contribution is -2.51. The SMILES string of the molecule is CCCN(C1CCNC1)C1CCOC2(CCCC2)C1. The van der Waals surface area contributed by atoms with Crippen LogP contribution in [0.25, 0.3) is 0 Å². The largest absolute Gasteiger partial charge is 0.375 e. The Morgan fingerprint density at radius 1 is 1.21 bits per heavy atom. The van der Waals surface area contributed by atoms with Gasteiger partial charge in [0.15, 0.2) is 0 Å². The Morgan fingerprint density at radius 3 is 2.74 bits per heavy atom. The molecule has 0 radical (unpaired) electrons. The number of nitrogens with zero attached hydrogens (tertiary/aromatic N) is 1. The van der Waals surface area contributed by atoms with Crippen molar-refractivity contribution in [2.45, 2.75) is 76.0 Å². The molecular formula is C16H30N2O. The molecule has 0 aromatic carbocycles. The van der Waals surface area contributed by atoms with E-state index in [1.165, 1.54) is 71.0 Å². The number of nitrogens with one attached hydrogen (secondary N) is 1. The average molecular weight is 266 g/mol. The van der Waals surface area contributed by atoms with E-state index in [0.29, 0.717) is 0 Å². The lowest BCUT2D eigenvalue weighted by Gasteiger charge is -2.45. The Balaban J connectivity index is 1.66. The Labute approximate surface area is 118 Å². The van der Waals surface area contributed by atoms with E-state index in [9.17, 15) is 0 Å². The standard InChI is InChI=1S/C16H30N2O/c1-2-10-18(15-5-9-17-13-15)14-6-11-19-16(12-14)7-3-4-8-16/h14-15,17H,2-13H2,1H3. The van der Waals surface area contributed by atoms with Crippen LogP contribution in [0.1, 0.15) is 58.3 Å². The third-order valence-corrected chi connectivity index (χ3v) is 5.44. The van der Waals surface area contributed by atoms with E-state index in [0.717, 1.165) is 18.7 Å². The van der Waals surface area contributed by atoms with E-state index in [4.69, 9.17) is 4.74 Å². The summed E-state index contributed by atoms with van der Waals surface area (Å²) in [6.07, 6.45) is 10.5. The Bertz CT molecular complexity index is 282. The summed E-state index contributed by atoms with van der Waals surface area (Å²) in [7, 11) is 0. The third-order valence-electron chi connectivity index (χ3n) is 5.44. The van der Waals surface area contributed by atoms with Crippen LogP contribution in [-0.4, -0.2) is 48.8 Å². The second-order valence-electron chi connectivity index (χ2n) is 6.77. The highest BCUT2D eigenvalue weighted by Gasteiger charge is 2.42. The smallest absolute Gasteiger partial charge is 0.0697 e. The molecule has 3 nitrogen and oxygen atoms in total. The minimum absolute atomic E-state index is 0.265. The molecule has 2 heterocycles. The number of rotatable bonds is 4. The third kappa shape index (κ3) is 2.98. The second kappa shape index (κ2) is 6.11. The van der Waals surface area contributed by atoms with Crippen LogP contribution in [-0.2, 0) is 4.74 Å². The first-order valence-electron chi connectivity index (χ1n) is 8.43. The van der Waals surface area contributed by atoms with Gasteiger partial charge in [0.2, 0.25) is 0 Å². The van der Waals surface area contributed by atoms with Crippen molar-refractivity contribution in [2.24, 2.45) is 0 Å². The molecule has 3 fully saturated rings. The molecule has 3 aliphatic rings.